The molecule has 0 bridgehead atoms. The first-order chi connectivity index (χ1) is 22.5. The number of carbonyl (C=O) groups is 6. The molecule has 0 aromatic heterocycles. The van der Waals surface area contributed by atoms with Crippen molar-refractivity contribution in [1.29, 1.82) is 0 Å². The van der Waals surface area contributed by atoms with Crippen LogP contribution >= 0.6 is 0 Å². The van der Waals surface area contributed by atoms with Crippen LogP contribution in [0, 0.1) is 29.6 Å². The van der Waals surface area contributed by atoms with Gasteiger partial charge >= 0.3 is 11.9 Å². The molecule has 0 spiro atoms. The summed E-state index contributed by atoms with van der Waals surface area (Å²) in [5.74, 6) is -9.54. The van der Waals surface area contributed by atoms with Crippen LogP contribution in [0.15, 0.2) is 78.4 Å². The van der Waals surface area contributed by atoms with Crippen molar-refractivity contribution in [2.75, 3.05) is 16.9 Å². The van der Waals surface area contributed by atoms with E-state index in [4.69, 9.17) is 4.74 Å². The Morgan fingerprint density at radius 1 is 0.723 bits per heavy atom. The summed E-state index contributed by atoms with van der Waals surface area (Å²) in [6.07, 6.45) is 2.03. The van der Waals surface area contributed by atoms with Gasteiger partial charge in [-0.15, -0.1) is 0 Å². The summed E-state index contributed by atoms with van der Waals surface area (Å²) < 4.78 is 5.42. The number of anilines is 2. The van der Waals surface area contributed by atoms with E-state index in [9.17, 15) is 44.1 Å². The molecule has 0 radical (unpaired) electrons. The van der Waals surface area contributed by atoms with Crippen LogP contribution in [-0.2, 0) is 19.2 Å². The minimum atomic E-state index is -1.23. The molecule has 7 rings (SSSR count). The fourth-order valence-electron chi connectivity index (χ4n) is 7.91. The van der Waals surface area contributed by atoms with Gasteiger partial charge in [0.1, 0.15) is 11.5 Å². The number of amides is 4. The van der Waals surface area contributed by atoms with E-state index in [1.54, 1.807) is 12.1 Å². The van der Waals surface area contributed by atoms with Crippen LogP contribution in [0.2, 0.25) is 0 Å². The number of imide groups is 2. The maximum atomic E-state index is 14.3. The van der Waals surface area contributed by atoms with Crippen molar-refractivity contribution in [3.8, 4) is 11.5 Å². The zero-order valence-corrected chi connectivity index (χ0v) is 24.9. The van der Waals surface area contributed by atoms with Gasteiger partial charge in [0.2, 0.25) is 23.6 Å². The third-order valence-corrected chi connectivity index (χ3v) is 9.92. The van der Waals surface area contributed by atoms with Crippen molar-refractivity contribution >= 4 is 46.9 Å². The predicted octanol–water partition coefficient (Wildman–Crippen LogP) is 3.84. The molecule has 238 valence electrons. The van der Waals surface area contributed by atoms with Gasteiger partial charge in [-0.1, -0.05) is 23.8 Å². The Balaban J connectivity index is 1.34. The van der Waals surface area contributed by atoms with Gasteiger partial charge in [0.25, 0.3) is 0 Å². The first kappa shape index (κ1) is 29.9. The molecular weight excluding hydrogens is 608 g/mol. The van der Waals surface area contributed by atoms with E-state index >= 15 is 0 Å². The Hall–Kier alpha value is -5.78. The van der Waals surface area contributed by atoms with Crippen molar-refractivity contribution in [2.45, 2.75) is 18.8 Å². The van der Waals surface area contributed by atoms with Gasteiger partial charge in [0, 0.05) is 11.5 Å². The Bertz CT molecular complexity index is 1950. The molecule has 3 N–H and O–H groups in total. The monoisotopic (exact) mass is 636 g/mol. The molecule has 2 heterocycles. The molecule has 6 unspecified atom stereocenters. The summed E-state index contributed by atoms with van der Waals surface area (Å²) in [6.45, 7) is 0. The van der Waals surface area contributed by atoms with Gasteiger partial charge in [-0.2, -0.15) is 0 Å². The second-order valence-electron chi connectivity index (χ2n) is 12.2. The number of phenols is 1. The summed E-state index contributed by atoms with van der Waals surface area (Å²) >= 11 is 0. The molecule has 47 heavy (non-hydrogen) atoms. The van der Waals surface area contributed by atoms with Gasteiger partial charge in [0.15, 0.2) is 0 Å². The Kier molecular flexibility index (Phi) is 6.96. The standard InChI is InChI=1S/C35H28N2O10/c1-47-20-8-11-26(38)24(14-20)27-21-9-10-22-28(32(41)36(30(22)39)18-6-2-4-16(12-18)34(43)44)23(21)15-25-29(27)33(42)37(31(25)40)19-7-3-5-17(13-19)35(45)46/h2-9,11-14,22-23,25,27-29,38H,10,15H2,1H3,(H,43,44)(H,45,46). The molecule has 3 aromatic carbocycles. The Morgan fingerprint density at radius 2 is 1.30 bits per heavy atom. The smallest absolute Gasteiger partial charge is 0.335 e. The second kappa shape index (κ2) is 10.9. The number of aromatic carboxylic acids is 2. The third kappa shape index (κ3) is 4.50. The fourth-order valence-corrected chi connectivity index (χ4v) is 7.91. The number of nitrogens with zero attached hydrogens (tertiary/aromatic N) is 2. The number of benzene rings is 3. The number of fused-ring (bicyclic) bond motifs is 4. The number of rotatable bonds is 6. The van der Waals surface area contributed by atoms with Gasteiger partial charge < -0.3 is 20.1 Å². The van der Waals surface area contributed by atoms with Crippen molar-refractivity contribution in [3.05, 3.63) is 95.1 Å². The lowest BCUT2D eigenvalue weighted by molar-refractivity contribution is -0.126. The predicted molar refractivity (Wildman–Crippen MR) is 164 cm³/mol. The molecule has 12 nitrogen and oxygen atoms in total. The summed E-state index contributed by atoms with van der Waals surface area (Å²) in [5, 5.41) is 30.2. The first-order valence-corrected chi connectivity index (χ1v) is 15.0. The molecule has 6 atom stereocenters. The van der Waals surface area contributed by atoms with E-state index in [-0.39, 0.29) is 41.1 Å². The van der Waals surface area contributed by atoms with Crippen molar-refractivity contribution in [2.24, 2.45) is 29.6 Å². The molecule has 2 aliphatic heterocycles. The summed E-state index contributed by atoms with van der Waals surface area (Å²) in [5.41, 5.74) is 0.978. The van der Waals surface area contributed by atoms with Crippen LogP contribution in [0.3, 0.4) is 0 Å². The number of carbonyl (C=O) groups excluding carboxylic acids is 4. The van der Waals surface area contributed by atoms with Gasteiger partial charge in [-0.05, 0) is 73.4 Å². The first-order valence-electron chi connectivity index (χ1n) is 15.0. The molecule has 12 heteroatoms. The minimum absolute atomic E-state index is 0.0562. The van der Waals surface area contributed by atoms with E-state index in [0.29, 0.717) is 16.9 Å². The third-order valence-electron chi connectivity index (χ3n) is 9.92. The van der Waals surface area contributed by atoms with E-state index in [1.165, 1.54) is 61.7 Å². The highest BCUT2D eigenvalue weighted by Gasteiger charge is 2.62. The van der Waals surface area contributed by atoms with Gasteiger partial charge in [0.05, 0.1) is 53.3 Å². The van der Waals surface area contributed by atoms with Gasteiger partial charge in [-0.3, -0.25) is 29.0 Å². The maximum absolute atomic E-state index is 14.3. The highest BCUT2D eigenvalue weighted by atomic mass is 16.5. The zero-order chi connectivity index (χ0) is 33.3. The number of hydrogen-bond acceptors (Lipinski definition) is 8. The number of ether oxygens (including phenoxy) is 1. The van der Waals surface area contributed by atoms with Crippen LogP contribution < -0.4 is 14.5 Å². The van der Waals surface area contributed by atoms with Gasteiger partial charge in [-0.25, -0.2) is 9.59 Å². The molecular formula is C35H28N2O10. The van der Waals surface area contributed by atoms with Crippen molar-refractivity contribution in [1.82, 2.24) is 0 Å². The maximum Gasteiger partial charge on any atom is 0.335 e. The summed E-state index contributed by atoms with van der Waals surface area (Å²) in [7, 11) is 1.45. The number of methoxy groups -OCH3 is 1. The average molecular weight is 637 g/mol. The minimum Gasteiger partial charge on any atom is -0.508 e. The average Bonchev–Trinajstić information content (AvgIpc) is 3.47. The normalized spacial score (nSPS) is 26.4. The number of carboxylic acid groups (broad SMARTS) is 2. The molecule has 2 saturated heterocycles. The van der Waals surface area contributed by atoms with Crippen LogP contribution in [0.5, 0.6) is 11.5 Å². The van der Waals surface area contributed by atoms with E-state index in [2.05, 4.69) is 0 Å². The van der Waals surface area contributed by atoms with Crippen molar-refractivity contribution < 1.29 is 48.8 Å². The topological polar surface area (TPSA) is 179 Å². The van der Waals surface area contributed by atoms with E-state index in [0.717, 1.165) is 9.80 Å². The molecule has 2 aliphatic carbocycles. The van der Waals surface area contributed by atoms with Crippen LogP contribution in [0.4, 0.5) is 11.4 Å². The SMILES string of the molecule is COc1ccc(O)c(C2C3=CCC4C(=O)N(c5cccc(C(=O)O)c5)C(=O)C4C3CC3C(=O)N(c4cccc(C(=O)O)c4)C(=O)C32)c1. The summed E-state index contributed by atoms with van der Waals surface area (Å²) in [6, 6.07) is 15.6. The molecule has 1 saturated carbocycles. The lowest BCUT2D eigenvalue weighted by atomic mass is 9.57. The highest BCUT2D eigenvalue weighted by molar-refractivity contribution is 6.24. The highest BCUT2D eigenvalue weighted by Crippen LogP contribution is 2.59. The summed E-state index contributed by atoms with van der Waals surface area (Å²) in [4.78, 5) is 81.7. The number of allylic oxidation sites excluding steroid dienone is 2. The lowest BCUT2D eigenvalue weighted by Crippen LogP contribution is -2.43. The lowest BCUT2D eigenvalue weighted by Gasteiger charge is -2.44. The number of hydrogen-bond donors (Lipinski definition) is 3. The molecule has 4 aliphatic rings. The number of phenolic OH excluding ortho intramolecular Hbond substituents is 1. The number of aromatic hydroxyl groups is 1. The molecule has 4 amide bonds. The van der Waals surface area contributed by atoms with Crippen LogP contribution in [-0.4, -0.2) is 58.0 Å². The van der Waals surface area contributed by atoms with Crippen molar-refractivity contribution in [3.63, 3.8) is 0 Å². The Labute approximate surface area is 267 Å². The van der Waals surface area contributed by atoms with E-state index < -0.39 is 71.1 Å². The Morgan fingerprint density at radius 3 is 1.87 bits per heavy atom. The van der Waals surface area contributed by atoms with Crippen LogP contribution in [0.1, 0.15) is 45.0 Å². The zero-order valence-electron chi connectivity index (χ0n) is 24.9. The molecule has 3 fully saturated rings. The van der Waals surface area contributed by atoms with E-state index in [1.807, 2.05) is 6.08 Å². The van der Waals surface area contributed by atoms with Crippen LogP contribution in [0.25, 0.3) is 0 Å². The largest absolute Gasteiger partial charge is 0.508 e. The fraction of sp³-hybridized carbons (Fsp3) is 0.257. The second-order valence-corrected chi connectivity index (χ2v) is 12.2. The molecule has 3 aromatic rings. The number of carboxylic acids is 2. The quantitative estimate of drug-likeness (QED) is 0.266.